The van der Waals surface area contributed by atoms with Gasteiger partial charge >= 0.3 is 5.97 Å². The maximum Gasteiger partial charge on any atom is 0.331 e. The number of carbonyl (C=O) groups is 1. The largest absolute Gasteiger partial charge is 0.455 e. The van der Waals surface area contributed by atoms with Crippen LogP contribution in [0.15, 0.2) is 12.2 Å². The molecule has 0 amide bonds. The molecule has 0 aromatic heterocycles. The van der Waals surface area contributed by atoms with E-state index in [1.54, 1.807) is 0 Å². The van der Waals surface area contributed by atoms with Crippen LogP contribution < -0.4 is 0 Å². The van der Waals surface area contributed by atoms with E-state index in [4.69, 9.17) is 4.74 Å². The smallest absolute Gasteiger partial charge is 0.331 e. The number of unbranched alkanes of at least 4 members (excludes halogenated alkanes) is 2. The minimum atomic E-state index is -0.514. The summed E-state index contributed by atoms with van der Waals surface area (Å²) in [6, 6.07) is 0. The number of hydrogen-bond acceptors (Lipinski definition) is 3. The van der Waals surface area contributed by atoms with E-state index in [1.165, 1.54) is 6.08 Å². The van der Waals surface area contributed by atoms with E-state index in [1.807, 2.05) is 19.9 Å². The molecule has 3 heteroatoms. The molecule has 1 N–H and O–H groups in total. The highest BCUT2D eigenvalue weighted by Crippen LogP contribution is 2.19. The molecule has 0 aromatic rings. The first-order valence-electron chi connectivity index (χ1n) is 6.15. The number of aliphatic hydroxyl groups is 1. The third-order valence-corrected chi connectivity index (χ3v) is 3.18. The Bertz CT molecular complexity index is 256. The van der Waals surface area contributed by atoms with Crippen molar-refractivity contribution in [2.45, 2.75) is 64.1 Å². The van der Waals surface area contributed by atoms with Crippen LogP contribution >= 0.6 is 0 Å². The maximum atomic E-state index is 10.8. The number of carbonyl (C=O) groups excluding carboxylic acids is 1. The Hall–Kier alpha value is -0.830. The fraction of sp³-hybridized carbons (Fsp3) is 0.769. The van der Waals surface area contributed by atoms with E-state index in [0.29, 0.717) is 0 Å². The first-order valence-corrected chi connectivity index (χ1v) is 6.15. The van der Waals surface area contributed by atoms with Crippen molar-refractivity contribution in [3.8, 4) is 0 Å². The molecule has 16 heavy (non-hydrogen) atoms. The van der Waals surface area contributed by atoms with Crippen LogP contribution in [-0.2, 0) is 9.53 Å². The van der Waals surface area contributed by atoms with Crippen LogP contribution in [0, 0.1) is 0 Å². The van der Waals surface area contributed by atoms with Gasteiger partial charge in [-0.05, 0) is 38.7 Å². The van der Waals surface area contributed by atoms with Gasteiger partial charge in [-0.3, -0.25) is 0 Å². The minimum absolute atomic E-state index is 0.0146. The zero-order valence-electron chi connectivity index (χ0n) is 10.2. The first kappa shape index (κ1) is 13.2. The van der Waals surface area contributed by atoms with Crippen LogP contribution in [0.25, 0.3) is 0 Å². The average molecular weight is 226 g/mol. The molecule has 0 bridgehead atoms. The summed E-state index contributed by atoms with van der Waals surface area (Å²) in [6.45, 7) is 3.89. The van der Waals surface area contributed by atoms with Gasteiger partial charge in [0.25, 0.3) is 0 Å². The van der Waals surface area contributed by atoms with E-state index in [2.05, 4.69) is 0 Å². The molecular formula is C13H22O3. The highest BCUT2D eigenvalue weighted by atomic mass is 16.5. The standard InChI is InChI=1S/C13H22O3/c1-3-13(2,15)10-6-4-5-7-11-8-9-12(14)16-11/h8-9,11,15H,3-7,10H2,1-2H3/t11-,13+/m0/s1. The molecule has 1 aliphatic rings. The number of esters is 1. The van der Waals surface area contributed by atoms with Gasteiger partial charge in [-0.25, -0.2) is 4.79 Å². The van der Waals surface area contributed by atoms with Gasteiger partial charge in [0, 0.05) is 6.08 Å². The predicted molar refractivity (Wildman–Crippen MR) is 63.0 cm³/mol. The topological polar surface area (TPSA) is 46.5 Å². The first-order chi connectivity index (χ1) is 7.53. The number of hydrogen-bond donors (Lipinski definition) is 1. The van der Waals surface area contributed by atoms with Gasteiger partial charge in [-0.2, -0.15) is 0 Å². The van der Waals surface area contributed by atoms with E-state index in [9.17, 15) is 9.90 Å². The molecule has 2 atom stereocenters. The average Bonchev–Trinajstić information content (AvgIpc) is 2.64. The van der Waals surface area contributed by atoms with Gasteiger partial charge in [0.1, 0.15) is 6.10 Å². The van der Waals surface area contributed by atoms with Crippen LogP contribution in [-0.4, -0.2) is 22.8 Å². The zero-order chi connectivity index (χ0) is 12.0. The molecule has 0 aromatic carbocycles. The quantitative estimate of drug-likeness (QED) is 0.536. The molecule has 0 saturated carbocycles. The SMILES string of the molecule is CC[C@@](C)(O)CCCCC[C@H]1C=CC(=O)O1. The lowest BCUT2D eigenvalue weighted by Gasteiger charge is -2.20. The monoisotopic (exact) mass is 226 g/mol. The van der Waals surface area contributed by atoms with Crippen molar-refractivity contribution in [1.82, 2.24) is 0 Å². The van der Waals surface area contributed by atoms with Crippen LogP contribution in [0.5, 0.6) is 0 Å². The molecule has 0 aliphatic carbocycles. The second-order valence-corrected chi connectivity index (χ2v) is 4.78. The highest BCUT2D eigenvalue weighted by molar-refractivity contribution is 5.84. The lowest BCUT2D eigenvalue weighted by Crippen LogP contribution is -2.22. The molecule has 0 spiro atoms. The molecule has 0 unspecified atom stereocenters. The van der Waals surface area contributed by atoms with Crippen molar-refractivity contribution >= 4 is 5.97 Å². The summed E-state index contributed by atoms with van der Waals surface area (Å²) in [5.41, 5.74) is -0.514. The summed E-state index contributed by atoms with van der Waals surface area (Å²) < 4.78 is 5.03. The lowest BCUT2D eigenvalue weighted by atomic mass is 9.95. The molecule has 0 saturated heterocycles. The number of rotatable bonds is 7. The molecule has 1 heterocycles. The summed E-state index contributed by atoms with van der Waals surface area (Å²) in [4.78, 5) is 10.8. The fourth-order valence-corrected chi connectivity index (χ4v) is 1.77. The summed E-state index contributed by atoms with van der Waals surface area (Å²) in [6.07, 6.45) is 9.01. The molecule has 0 fully saturated rings. The summed E-state index contributed by atoms with van der Waals surface area (Å²) in [5, 5.41) is 9.79. The van der Waals surface area contributed by atoms with E-state index >= 15 is 0 Å². The number of cyclic esters (lactones) is 1. The third kappa shape index (κ3) is 4.79. The van der Waals surface area contributed by atoms with Gasteiger partial charge in [0.05, 0.1) is 5.60 Å². The minimum Gasteiger partial charge on any atom is -0.455 e. The Morgan fingerprint density at radius 2 is 2.19 bits per heavy atom. The Morgan fingerprint density at radius 3 is 2.75 bits per heavy atom. The molecule has 92 valence electrons. The highest BCUT2D eigenvalue weighted by Gasteiger charge is 2.17. The Kier molecular flexibility index (Phi) is 5.00. The van der Waals surface area contributed by atoms with Gasteiger partial charge in [-0.1, -0.05) is 19.8 Å². The van der Waals surface area contributed by atoms with E-state index in [0.717, 1.165) is 38.5 Å². The third-order valence-electron chi connectivity index (χ3n) is 3.18. The van der Waals surface area contributed by atoms with Gasteiger partial charge in [0.15, 0.2) is 0 Å². The van der Waals surface area contributed by atoms with Gasteiger partial charge < -0.3 is 9.84 Å². The van der Waals surface area contributed by atoms with Crippen LogP contribution in [0.3, 0.4) is 0 Å². The lowest BCUT2D eigenvalue weighted by molar-refractivity contribution is -0.138. The fourth-order valence-electron chi connectivity index (χ4n) is 1.77. The second-order valence-electron chi connectivity index (χ2n) is 4.78. The van der Waals surface area contributed by atoms with Gasteiger partial charge in [-0.15, -0.1) is 0 Å². The summed E-state index contributed by atoms with van der Waals surface area (Å²) >= 11 is 0. The van der Waals surface area contributed by atoms with Crippen molar-refractivity contribution in [1.29, 1.82) is 0 Å². The van der Waals surface area contributed by atoms with Crippen LogP contribution in [0.2, 0.25) is 0 Å². The maximum absolute atomic E-state index is 10.8. The molecule has 0 radical (unpaired) electrons. The van der Waals surface area contributed by atoms with E-state index < -0.39 is 5.60 Å². The van der Waals surface area contributed by atoms with Crippen molar-refractivity contribution in [3.05, 3.63) is 12.2 Å². The van der Waals surface area contributed by atoms with Crippen LogP contribution in [0.1, 0.15) is 52.4 Å². The van der Waals surface area contributed by atoms with Crippen molar-refractivity contribution < 1.29 is 14.6 Å². The van der Waals surface area contributed by atoms with Crippen molar-refractivity contribution in [2.75, 3.05) is 0 Å². The summed E-state index contributed by atoms with van der Waals surface area (Å²) in [7, 11) is 0. The predicted octanol–water partition coefficient (Wildman–Crippen LogP) is 2.58. The summed E-state index contributed by atoms with van der Waals surface area (Å²) in [5.74, 6) is -0.223. The van der Waals surface area contributed by atoms with E-state index in [-0.39, 0.29) is 12.1 Å². The molecule has 1 rings (SSSR count). The second kappa shape index (κ2) is 6.04. The van der Waals surface area contributed by atoms with Crippen molar-refractivity contribution in [2.24, 2.45) is 0 Å². The van der Waals surface area contributed by atoms with Crippen LogP contribution in [0.4, 0.5) is 0 Å². The Morgan fingerprint density at radius 1 is 1.44 bits per heavy atom. The zero-order valence-corrected chi connectivity index (χ0v) is 10.2. The van der Waals surface area contributed by atoms with Gasteiger partial charge in [0.2, 0.25) is 0 Å². The van der Waals surface area contributed by atoms with Crippen molar-refractivity contribution in [3.63, 3.8) is 0 Å². The Labute approximate surface area is 97.5 Å². The Balaban J connectivity index is 2.00. The molecular weight excluding hydrogens is 204 g/mol. The number of ether oxygens (including phenoxy) is 1. The molecule has 1 aliphatic heterocycles. The normalized spacial score (nSPS) is 23.2. The molecule has 3 nitrogen and oxygen atoms in total.